The number of methoxy groups -OCH3 is 1. The van der Waals surface area contributed by atoms with E-state index in [1.165, 1.54) is 18.3 Å². The second kappa shape index (κ2) is 10.6. The van der Waals surface area contributed by atoms with Crippen LogP contribution in [-0.4, -0.2) is 92.1 Å². The Morgan fingerprint density at radius 2 is 1.95 bits per heavy atom. The molecule has 0 aliphatic carbocycles. The average Bonchev–Trinajstić information content (AvgIpc) is 3.16. The van der Waals surface area contributed by atoms with Gasteiger partial charge in [-0.25, -0.2) is 8.42 Å². The minimum Gasteiger partial charge on any atom is -0.380 e. The number of nitrogens with zero attached hydrogens (tertiary/aromatic N) is 3. The number of carbonyl (C=O) groups excluding carboxylic acids is 2. The Hall–Kier alpha value is -1.98. The van der Waals surface area contributed by atoms with E-state index >= 15 is 0 Å². The SMILES string of the molecule is CCCC(=O)N1CCC2(CC1)CN1C(=O)CN(S(=O)(=O)/C(C)=C/c3cc(Cl)ccc3C)CC1(COC)O2. The van der Waals surface area contributed by atoms with Gasteiger partial charge in [-0.15, -0.1) is 0 Å². The lowest BCUT2D eigenvalue weighted by molar-refractivity contribution is -0.197. The van der Waals surface area contributed by atoms with Crippen molar-refractivity contribution in [2.45, 2.75) is 57.8 Å². The molecule has 0 N–H and O–H groups in total. The maximum atomic E-state index is 13.6. The fourth-order valence-corrected chi connectivity index (χ4v) is 7.05. The number of hydrogen-bond donors (Lipinski definition) is 0. The monoisotopic (exact) mass is 553 g/mol. The molecule has 1 aromatic rings. The van der Waals surface area contributed by atoms with Crippen LogP contribution in [0, 0.1) is 6.92 Å². The van der Waals surface area contributed by atoms with Gasteiger partial charge < -0.3 is 19.3 Å². The molecule has 1 spiro atoms. The number of ether oxygens (including phenoxy) is 2. The van der Waals surface area contributed by atoms with Crippen molar-refractivity contribution in [1.82, 2.24) is 14.1 Å². The Morgan fingerprint density at radius 3 is 2.59 bits per heavy atom. The molecule has 3 aliphatic rings. The molecule has 37 heavy (non-hydrogen) atoms. The Kier molecular flexibility index (Phi) is 8.07. The fraction of sp³-hybridized carbons (Fsp3) is 0.615. The van der Waals surface area contributed by atoms with E-state index in [0.717, 1.165) is 12.0 Å². The molecule has 11 heteroatoms. The van der Waals surface area contributed by atoms with Gasteiger partial charge >= 0.3 is 0 Å². The quantitative estimate of drug-likeness (QED) is 0.515. The highest BCUT2D eigenvalue weighted by atomic mass is 35.5. The topological polar surface area (TPSA) is 96.5 Å². The highest BCUT2D eigenvalue weighted by Gasteiger charge is 2.60. The fourth-order valence-electron chi connectivity index (χ4n) is 5.53. The molecule has 0 saturated carbocycles. The van der Waals surface area contributed by atoms with Crippen molar-refractivity contribution >= 4 is 39.5 Å². The molecule has 9 nitrogen and oxygen atoms in total. The summed E-state index contributed by atoms with van der Waals surface area (Å²) in [5.74, 6) is -0.190. The summed E-state index contributed by atoms with van der Waals surface area (Å²) in [6.45, 7) is 6.58. The van der Waals surface area contributed by atoms with Crippen LogP contribution in [0.15, 0.2) is 23.1 Å². The van der Waals surface area contributed by atoms with Crippen LogP contribution >= 0.6 is 11.6 Å². The Balaban J connectivity index is 1.58. The highest BCUT2D eigenvalue weighted by molar-refractivity contribution is 7.93. The van der Waals surface area contributed by atoms with Crippen LogP contribution < -0.4 is 0 Å². The molecule has 4 rings (SSSR count). The molecule has 1 unspecified atom stereocenters. The van der Waals surface area contributed by atoms with Crippen LogP contribution in [0.25, 0.3) is 6.08 Å². The number of likely N-dealkylation sites (tertiary alicyclic amines) is 1. The molecule has 1 aromatic carbocycles. The van der Waals surface area contributed by atoms with E-state index in [4.69, 9.17) is 21.1 Å². The van der Waals surface area contributed by atoms with Gasteiger partial charge in [0.1, 0.15) is 0 Å². The highest BCUT2D eigenvalue weighted by Crippen LogP contribution is 2.44. The smallest absolute Gasteiger partial charge is 0.240 e. The first-order valence-electron chi connectivity index (χ1n) is 12.7. The Bertz CT molecular complexity index is 1190. The normalized spacial score (nSPS) is 24.6. The van der Waals surface area contributed by atoms with Crippen molar-refractivity contribution in [3.63, 3.8) is 0 Å². The Labute approximate surface area is 224 Å². The number of halogens is 1. The van der Waals surface area contributed by atoms with Crippen molar-refractivity contribution in [2.75, 3.05) is 46.4 Å². The molecule has 0 radical (unpaired) electrons. The van der Waals surface area contributed by atoms with Crippen LogP contribution in [0.5, 0.6) is 0 Å². The van der Waals surface area contributed by atoms with E-state index in [2.05, 4.69) is 0 Å². The zero-order valence-corrected chi connectivity index (χ0v) is 23.5. The second-order valence-corrected chi connectivity index (χ2v) is 12.9. The van der Waals surface area contributed by atoms with Crippen LogP contribution in [0.2, 0.25) is 5.02 Å². The van der Waals surface area contributed by atoms with E-state index in [1.54, 1.807) is 23.1 Å². The molecule has 0 aromatic heterocycles. The first-order chi connectivity index (χ1) is 17.4. The number of piperazine rings is 1. The summed E-state index contributed by atoms with van der Waals surface area (Å²) in [7, 11) is -2.46. The molecule has 3 saturated heterocycles. The summed E-state index contributed by atoms with van der Waals surface area (Å²) in [5, 5.41) is 0.511. The summed E-state index contributed by atoms with van der Waals surface area (Å²) >= 11 is 6.12. The van der Waals surface area contributed by atoms with Crippen LogP contribution in [0.3, 0.4) is 0 Å². The molecular weight excluding hydrogens is 518 g/mol. The van der Waals surface area contributed by atoms with Gasteiger partial charge in [0.15, 0.2) is 5.72 Å². The lowest BCUT2D eigenvalue weighted by Crippen LogP contribution is -2.65. The maximum absolute atomic E-state index is 13.6. The van der Waals surface area contributed by atoms with Gasteiger partial charge in [-0.3, -0.25) is 9.59 Å². The molecule has 3 fully saturated rings. The molecule has 204 valence electrons. The molecule has 3 heterocycles. The van der Waals surface area contributed by atoms with Gasteiger partial charge in [0.2, 0.25) is 21.8 Å². The number of piperidine rings is 1. The number of rotatable bonds is 7. The van der Waals surface area contributed by atoms with Crippen molar-refractivity contribution in [3.05, 3.63) is 39.3 Å². The van der Waals surface area contributed by atoms with Crippen molar-refractivity contribution < 1.29 is 27.5 Å². The van der Waals surface area contributed by atoms with Crippen molar-refractivity contribution in [1.29, 1.82) is 0 Å². The largest absolute Gasteiger partial charge is 0.380 e. The molecule has 2 amide bonds. The van der Waals surface area contributed by atoms with Gasteiger partial charge in [0.25, 0.3) is 0 Å². The number of sulfonamides is 1. The summed E-state index contributed by atoms with van der Waals surface area (Å²) in [5.41, 5.74) is -0.273. The number of carbonyl (C=O) groups is 2. The van der Waals surface area contributed by atoms with Gasteiger partial charge in [0.05, 0.1) is 36.7 Å². The summed E-state index contributed by atoms with van der Waals surface area (Å²) in [6.07, 6.45) is 4.05. The molecule has 3 aliphatic heterocycles. The van der Waals surface area contributed by atoms with E-state index in [9.17, 15) is 18.0 Å². The minimum atomic E-state index is -3.97. The first kappa shape index (κ1) is 28.0. The number of benzene rings is 1. The predicted molar refractivity (Wildman–Crippen MR) is 141 cm³/mol. The van der Waals surface area contributed by atoms with E-state index in [-0.39, 0.29) is 36.4 Å². The van der Waals surface area contributed by atoms with E-state index in [0.29, 0.717) is 49.5 Å². The lowest BCUT2D eigenvalue weighted by Gasteiger charge is -2.44. The van der Waals surface area contributed by atoms with Crippen LogP contribution in [0.4, 0.5) is 0 Å². The van der Waals surface area contributed by atoms with Gasteiger partial charge in [-0.2, -0.15) is 4.31 Å². The van der Waals surface area contributed by atoms with Gasteiger partial charge in [0, 0.05) is 31.6 Å². The molecule has 1 atom stereocenters. The minimum absolute atomic E-state index is 0.0329. The summed E-state index contributed by atoms with van der Waals surface area (Å²) in [6, 6.07) is 5.30. The predicted octanol–water partition coefficient (Wildman–Crippen LogP) is 3.02. The number of amides is 2. The molecular formula is C26H36ClN3O6S. The lowest BCUT2D eigenvalue weighted by atomic mass is 9.91. The van der Waals surface area contributed by atoms with Gasteiger partial charge in [-0.1, -0.05) is 24.6 Å². The first-order valence-corrected chi connectivity index (χ1v) is 14.5. The van der Waals surface area contributed by atoms with Crippen LogP contribution in [-0.2, 0) is 29.1 Å². The van der Waals surface area contributed by atoms with Crippen LogP contribution in [0.1, 0.15) is 50.7 Å². The zero-order chi connectivity index (χ0) is 27.0. The number of aryl methyl sites for hydroxylation is 1. The summed E-state index contributed by atoms with van der Waals surface area (Å²) in [4.78, 5) is 29.3. The maximum Gasteiger partial charge on any atom is 0.240 e. The van der Waals surface area contributed by atoms with E-state index < -0.39 is 21.3 Å². The second-order valence-electron chi connectivity index (χ2n) is 10.3. The van der Waals surface area contributed by atoms with Crippen molar-refractivity contribution in [3.8, 4) is 0 Å². The third-order valence-corrected chi connectivity index (χ3v) is 9.69. The standard InChI is InChI=1S/C26H36ClN3O6S/c1-5-6-23(31)28-11-9-25(10-12-28)16-30-24(32)15-29(17-26(30,36-25)18-35-4)37(33,34)20(3)13-21-14-22(27)8-7-19(21)2/h7-8,13-14H,5-6,9-12,15-18H2,1-4H3/b20-13+. The van der Waals surface area contributed by atoms with Gasteiger partial charge in [-0.05, 0) is 62.4 Å². The Morgan fingerprint density at radius 1 is 1.24 bits per heavy atom. The average molecular weight is 554 g/mol. The zero-order valence-electron chi connectivity index (χ0n) is 22.0. The third kappa shape index (κ3) is 5.45. The number of allylic oxidation sites excluding steroid dienone is 1. The van der Waals surface area contributed by atoms with Crippen molar-refractivity contribution in [2.24, 2.45) is 0 Å². The van der Waals surface area contributed by atoms with E-state index in [1.807, 2.05) is 24.8 Å². The third-order valence-electron chi connectivity index (χ3n) is 7.59. The number of hydrogen-bond acceptors (Lipinski definition) is 6. The number of fused-ring (bicyclic) bond motifs is 1. The summed E-state index contributed by atoms with van der Waals surface area (Å²) < 4.78 is 40.6. The molecule has 0 bridgehead atoms.